The lowest BCUT2D eigenvalue weighted by Crippen LogP contribution is -2.39. The van der Waals surface area contributed by atoms with Gasteiger partial charge in [-0.2, -0.15) is 0 Å². The lowest BCUT2D eigenvalue weighted by molar-refractivity contribution is 0.0795. The molecule has 2 N–H and O–H groups in total. The third-order valence-electron chi connectivity index (χ3n) is 3.14. The van der Waals surface area contributed by atoms with Crippen molar-refractivity contribution in [2.75, 3.05) is 13.1 Å². The molecule has 2 aliphatic rings. The summed E-state index contributed by atoms with van der Waals surface area (Å²) in [6, 6.07) is 0. The van der Waals surface area contributed by atoms with Crippen molar-refractivity contribution in [2.24, 2.45) is 5.92 Å². The summed E-state index contributed by atoms with van der Waals surface area (Å²) in [4.78, 5) is 0. The van der Waals surface area contributed by atoms with Crippen molar-refractivity contribution in [3.8, 4) is 0 Å². The Morgan fingerprint density at radius 2 is 2.36 bits per heavy atom. The number of allylic oxidation sites excluding steroid dienone is 4. The predicted octanol–water partition coefficient (Wildman–Crippen LogP) is 1.62. The molecule has 14 heavy (non-hydrogen) atoms. The first kappa shape index (κ1) is 9.94. The van der Waals surface area contributed by atoms with Crippen LogP contribution in [0.5, 0.6) is 0 Å². The lowest BCUT2D eigenvalue weighted by Gasteiger charge is -2.29. The second-order valence-electron chi connectivity index (χ2n) is 4.28. The Balaban J connectivity index is 1.89. The van der Waals surface area contributed by atoms with Gasteiger partial charge in [-0.1, -0.05) is 23.8 Å². The maximum atomic E-state index is 9.81. The summed E-state index contributed by atoms with van der Waals surface area (Å²) in [5.41, 5.74) is 1.41. The molecule has 0 saturated carbocycles. The Bertz CT molecular complexity index is 245. The normalized spacial score (nSPS) is 32.8. The Morgan fingerprint density at radius 1 is 1.43 bits per heavy atom. The van der Waals surface area contributed by atoms with Crippen molar-refractivity contribution in [1.29, 1.82) is 0 Å². The molecule has 0 aromatic heterocycles. The van der Waals surface area contributed by atoms with Crippen LogP contribution in [0.2, 0.25) is 0 Å². The molecule has 78 valence electrons. The minimum Gasteiger partial charge on any atom is -0.393 e. The van der Waals surface area contributed by atoms with E-state index in [-0.39, 0.29) is 6.10 Å². The van der Waals surface area contributed by atoms with E-state index in [0.29, 0.717) is 5.92 Å². The van der Waals surface area contributed by atoms with Gasteiger partial charge in [-0.3, -0.25) is 0 Å². The minimum absolute atomic E-state index is 0.104. The van der Waals surface area contributed by atoms with Crippen LogP contribution in [0.15, 0.2) is 23.8 Å². The molecular formula is C12H19NO. The van der Waals surface area contributed by atoms with E-state index < -0.39 is 0 Å². The highest BCUT2D eigenvalue weighted by molar-refractivity contribution is 5.22. The van der Waals surface area contributed by atoms with Crippen LogP contribution in [0, 0.1) is 5.92 Å². The SMILES string of the molecule is OC1CCNCC1CC1=CCCC=C1. The summed E-state index contributed by atoms with van der Waals surface area (Å²) in [7, 11) is 0. The zero-order valence-corrected chi connectivity index (χ0v) is 8.58. The minimum atomic E-state index is -0.104. The van der Waals surface area contributed by atoms with Gasteiger partial charge in [0.1, 0.15) is 0 Å². The van der Waals surface area contributed by atoms with Crippen molar-refractivity contribution in [3.05, 3.63) is 23.8 Å². The molecule has 0 aromatic rings. The Hall–Kier alpha value is -0.600. The molecule has 2 heteroatoms. The molecule has 1 aliphatic heterocycles. The Morgan fingerprint density at radius 3 is 3.07 bits per heavy atom. The Kier molecular flexibility index (Phi) is 3.38. The second kappa shape index (κ2) is 4.76. The van der Waals surface area contributed by atoms with Crippen molar-refractivity contribution in [3.63, 3.8) is 0 Å². The molecule has 0 amide bonds. The van der Waals surface area contributed by atoms with Gasteiger partial charge in [-0.05, 0) is 32.2 Å². The summed E-state index contributed by atoms with van der Waals surface area (Å²) in [5, 5.41) is 13.2. The van der Waals surface area contributed by atoms with Crippen molar-refractivity contribution in [2.45, 2.75) is 31.8 Å². The molecule has 1 aliphatic carbocycles. The maximum Gasteiger partial charge on any atom is 0.0595 e. The molecule has 1 heterocycles. The van der Waals surface area contributed by atoms with Crippen LogP contribution < -0.4 is 5.32 Å². The van der Waals surface area contributed by atoms with Gasteiger partial charge in [0.05, 0.1) is 6.10 Å². The van der Waals surface area contributed by atoms with Crippen LogP contribution in [0.3, 0.4) is 0 Å². The molecule has 0 aromatic carbocycles. The van der Waals surface area contributed by atoms with Crippen molar-refractivity contribution in [1.82, 2.24) is 5.32 Å². The number of piperidine rings is 1. The zero-order valence-electron chi connectivity index (χ0n) is 8.58. The number of hydrogen-bond acceptors (Lipinski definition) is 2. The van der Waals surface area contributed by atoms with Crippen LogP contribution in [-0.4, -0.2) is 24.3 Å². The predicted molar refractivity (Wildman–Crippen MR) is 58.1 cm³/mol. The fourth-order valence-electron chi connectivity index (χ4n) is 2.24. The van der Waals surface area contributed by atoms with Gasteiger partial charge >= 0.3 is 0 Å². The van der Waals surface area contributed by atoms with Gasteiger partial charge in [-0.25, -0.2) is 0 Å². The summed E-state index contributed by atoms with van der Waals surface area (Å²) in [6.07, 6.45) is 10.9. The molecule has 2 unspecified atom stereocenters. The van der Waals surface area contributed by atoms with Crippen LogP contribution in [0.1, 0.15) is 25.7 Å². The van der Waals surface area contributed by atoms with E-state index in [4.69, 9.17) is 0 Å². The van der Waals surface area contributed by atoms with Crippen LogP contribution >= 0.6 is 0 Å². The fraction of sp³-hybridized carbons (Fsp3) is 0.667. The highest BCUT2D eigenvalue weighted by Gasteiger charge is 2.23. The molecule has 2 nitrogen and oxygen atoms in total. The monoisotopic (exact) mass is 193 g/mol. The quantitative estimate of drug-likeness (QED) is 0.698. The molecular weight excluding hydrogens is 174 g/mol. The highest BCUT2D eigenvalue weighted by atomic mass is 16.3. The van der Waals surface area contributed by atoms with E-state index in [1.807, 2.05) is 0 Å². The number of aliphatic hydroxyl groups excluding tert-OH is 1. The fourth-order valence-corrected chi connectivity index (χ4v) is 2.24. The van der Waals surface area contributed by atoms with Gasteiger partial charge in [0.25, 0.3) is 0 Å². The first-order chi connectivity index (χ1) is 6.86. The molecule has 1 fully saturated rings. The van der Waals surface area contributed by atoms with E-state index in [2.05, 4.69) is 23.5 Å². The second-order valence-corrected chi connectivity index (χ2v) is 4.28. The first-order valence-corrected chi connectivity index (χ1v) is 5.60. The molecule has 0 bridgehead atoms. The van der Waals surface area contributed by atoms with Crippen LogP contribution in [0.25, 0.3) is 0 Å². The van der Waals surface area contributed by atoms with Crippen LogP contribution in [-0.2, 0) is 0 Å². The summed E-state index contributed by atoms with van der Waals surface area (Å²) < 4.78 is 0. The van der Waals surface area contributed by atoms with Crippen molar-refractivity contribution >= 4 is 0 Å². The third-order valence-corrected chi connectivity index (χ3v) is 3.14. The topological polar surface area (TPSA) is 32.3 Å². The average molecular weight is 193 g/mol. The maximum absolute atomic E-state index is 9.81. The third kappa shape index (κ3) is 2.46. The highest BCUT2D eigenvalue weighted by Crippen LogP contribution is 2.23. The van der Waals surface area contributed by atoms with Gasteiger partial charge in [0, 0.05) is 12.5 Å². The molecule has 0 spiro atoms. The molecule has 2 rings (SSSR count). The number of nitrogens with one attached hydrogen (secondary N) is 1. The van der Waals surface area contributed by atoms with E-state index >= 15 is 0 Å². The number of hydrogen-bond donors (Lipinski definition) is 2. The molecule has 2 atom stereocenters. The van der Waals surface area contributed by atoms with Gasteiger partial charge in [0.15, 0.2) is 0 Å². The van der Waals surface area contributed by atoms with E-state index in [1.165, 1.54) is 18.4 Å². The van der Waals surface area contributed by atoms with E-state index in [0.717, 1.165) is 25.9 Å². The standard InChI is InChI=1S/C12H19NO/c14-12-6-7-13-9-11(12)8-10-4-2-1-3-5-10/h2,4-5,11-14H,1,3,6-9H2. The summed E-state index contributed by atoms with van der Waals surface area (Å²) >= 11 is 0. The van der Waals surface area contributed by atoms with E-state index in [9.17, 15) is 5.11 Å². The summed E-state index contributed by atoms with van der Waals surface area (Å²) in [5.74, 6) is 0.415. The van der Waals surface area contributed by atoms with Gasteiger partial charge in [-0.15, -0.1) is 0 Å². The van der Waals surface area contributed by atoms with E-state index in [1.54, 1.807) is 0 Å². The smallest absolute Gasteiger partial charge is 0.0595 e. The lowest BCUT2D eigenvalue weighted by atomic mass is 9.88. The molecule has 0 radical (unpaired) electrons. The number of aliphatic hydroxyl groups is 1. The molecule has 1 saturated heterocycles. The van der Waals surface area contributed by atoms with Crippen molar-refractivity contribution < 1.29 is 5.11 Å². The largest absolute Gasteiger partial charge is 0.393 e. The average Bonchev–Trinajstić information content (AvgIpc) is 2.23. The number of rotatable bonds is 2. The zero-order chi connectivity index (χ0) is 9.80. The van der Waals surface area contributed by atoms with Gasteiger partial charge < -0.3 is 10.4 Å². The first-order valence-electron chi connectivity index (χ1n) is 5.60. The van der Waals surface area contributed by atoms with Crippen LogP contribution in [0.4, 0.5) is 0 Å². The van der Waals surface area contributed by atoms with Gasteiger partial charge in [0.2, 0.25) is 0 Å². The summed E-state index contributed by atoms with van der Waals surface area (Å²) in [6.45, 7) is 1.93. The Labute approximate surface area is 85.7 Å².